The van der Waals surface area contributed by atoms with E-state index < -0.39 is 105 Å². The summed E-state index contributed by atoms with van der Waals surface area (Å²) in [6.45, 7) is 0. The third kappa shape index (κ3) is 5.14. The fourth-order valence-electron chi connectivity index (χ4n) is 2.97. The van der Waals surface area contributed by atoms with Crippen LogP contribution in [0, 0.1) is 69.8 Å². The Balaban J connectivity index is 2.21. The zero-order valence-electron chi connectivity index (χ0n) is 18.9. The second-order valence-electron chi connectivity index (χ2n) is 8.18. The van der Waals surface area contributed by atoms with E-state index in [-0.39, 0.29) is 12.1 Å². The smallest absolute Gasteiger partial charge is 0.484 e. The molecule has 0 unspecified atom stereocenters. The average molecular weight is 564 g/mol. The van der Waals surface area contributed by atoms with Crippen LogP contribution in [0.25, 0.3) is 0 Å². The minimum absolute atomic E-state index is 0.294. The molecule has 3 rings (SSSR count). The highest BCUT2D eigenvalue weighted by atomic mass is 19.2. The lowest BCUT2D eigenvalue weighted by Crippen LogP contribution is -2.40. The van der Waals surface area contributed by atoms with Crippen molar-refractivity contribution in [2.24, 2.45) is 0 Å². The van der Waals surface area contributed by atoms with Gasteiger partial charge in [0, 0.05) is 12.1 Å². The number of quaternary nitrogens is 1. The Hall–Kier alpha value is -3.76. The Labute approximate surface area is 205 Å². The second kappa shape index (κ2) is 10.2. The number of nitrogens with zero attached hydrogens (tertiary/aromatic N) is 1. The molecule has 17 heteroatoms. The highest BCUT2D eigenvalue weighted by Crippen LogP contribution is 2.38. The van der Waals surface area contributed by atoms with Crippen LogP contribution in [0.4, 0.5) is 58.4 Å². The van der Waals surface area contributed by atoms with Gasteiger partial charge in [-0.25, -0.2) is 30.7 Å². The van der Waals surface area contributed by atoms with Crippen LogP contribution in [-0.2, 0) is 0 Å². The van der Waals surface area contributed by atoms with Crippen LogP contribution in [0.3, 0.4) is 0 Å². The first-order chi connectivity index (χ1) is 17.5. The van der Waals surface area contributed by atoms with Crippen LogP contribution in [0.15, 0.2) is 12.1 Å². The predicted molar refractivity (Wildman–Crippen MR) is 106 cm³/mol. The lowest BCUT2D eigenvalue weighted by Gasteiger charge is -2.26. The number of hydrogen-bond acceptors (Lipinski definition) is 3. The fourth-order valence-corrected chi connectivity index (χ4v) is 2.97. The molecule has 3 aromatic rings. The molecular weight excluding hydrogens is 553 g/mol. The molecule has 0 radical (unpaired) electrons. The van der Waals surface area contributed by atoms with Gasteiger partial charge in [0.1, 0.15) is 0 Å². The summed E-state index contributed by atoms with van der Waals surface area (Å²) in [6.07, 6.45) is 0. The Morgan fingerprint density at radius 3 is 1.21 bits per heavy atom. The van der Waals surface area contributed by atoms with E-state index >= 15 is 4.39 Å². The largest absolute Gasteiger partial charge is 0.864 e. The maximum atomic E-state index is 15.0. The molecule has 4 nitrogen and oxygen atoms in total. The van der Waals surface area contributed by atoms with Crippen LogP contribution in [0.2, 0.25) is 0 Å². The molecule has 0 saturated heterocycles. The first-order valence-electron chi connectivity index (χ1n) is 9.81. The van der Waals surface area contributed by atoms with E-state index in [1.54, 1.807) is 0 Å². The van der Waals surface area contributed by atoms with Gasteiger partial charge in [-0.05, 0) is 0 Å². The molecule has 204 valence electrons. The van der Waals surface area contributed by atoms with Crippen molar-refractivity contribution < 1.29 is 66.6 Å². The van der Waals surface area contributed by atoms with Gasteiger partial charge in [0.15, 0.2) is 52.2 Å². The van der Waals surface area contributed by atoms with Gasteiger partial charge in [0.05, 0.1) is 21.1 Å². The molecule has 0 aliphatic rings. The van der Waals surface area contributed by atoms with E-state index in [1.807, 2.05) is 0 Å². The number of rotatable bonds is 7. The number of halogens is 12. The van der Waals surface area contributed by atoms with Crippen LogP contribution >= 0.6 is 0 Å². The molecule has 0 saturated carbocycles. The molecule has 0 spiro atoms. The van der Waals surface area contributed by atoms with Crippen LogP contribution in [-0.4, -0.2) is 28.5 Å². The standard InChI is InChI=1S/C21H11BF12NO3/c1-35(2,3)18-13(30)12(29)16(33)21(17(18)34)38-22(36-19-8(25)4-6(23)10(27)14(19)31)37-20-9(26)5-7(24)11(28)15(20)32/h4-5H,1-3H3/q+1. The zero-order valence-corrected chi connectivity index (χ0v) is 18.9. The molecule has 0 N–H and O–H groups in total. The lowest BCUT2D eigenvalue weighted by atomic mass is 10.1. The summed E-state index contributed by atoms with van der Waals surface area (Å²) in [5.74, 6) is -32.7. The molecule has 0 atom stereocenters. The topological polar surface area (TPSA) is 27.7 Å². The van der Waals surface area contributed by atoms with Gasteiger partial charge in [-0.3, -0.25) is 4.48 Å². The summed E-state index contributed by atoms with van der Waals surface area (Å²) < 4.78 is 181. The number of hydrogen-bond donors (Lipinski definition) is 0. The van der Waals surface area contributed by atoms with Crippen molar-refractivity contribution in [2.45, 2.75) is 0 Å². The minimum Gasteiger partial charge on any atom is -0.484 e. The highest BCUT2D eigenvalue weighted by molar-refractivity contribution is 6.39. The average Bonchev–Trinajstić information content (AvgIpc) is 2.81. The summed E-state index contributed by atoms with van der Waals surface area (Å²) in [4.78, 5) is 0. The fraction of sp³-hybridized carbons (Fsp3) is 0.143. The summed E-state index contributed by atoms with van der Waals surface area (Å²) in [7, 11) is -0.0476. The first-order valence-corrected chi connectivity index (χ1v) is 9.81. The van der Waals surface area contributed by atoms with E-state index in [4.69, 9.17) is 0 Å². The van der Waals surface area contributed by atoms with Crippen LogP contribution in [0.5, 0.6) is 17.2 Å². The predicted octanol–water partition coefficient (Wildman–Crippen LogP) is 6.07. The molecule has 0 amide bonds. The first kappa shape index (κ1) is 28.8. The molecule has 38 heavy (non-hydrogen) atoms. The van der Waals surface area contributed by atoms with Crippen molar-refractivity contribution in [3.63, 3.8) is 0 Å². The molecule has 0 aromatic heterocycles. The van der Waals surface area contributed by atoms with Gasteiger partial charge >= 0.3 is 7.32 Å². The van der Waals surface area contributed by atoms with Crippen molar-refractivity contribution >= 4 is 13.0 Å². The normalized spacial score (nSPS) is 11.6. The molecule has 0 heterocycles. The van der Waals surface area contributed by atoms with Gasteiger partial charge in [0.25, 0.3) is 0 Å². The van der Waals surface area contributed by atoms with E-state index in [0.717, 1.165) is 21.1 Å². The van der Waals surface area contributed by atoms with Crippen molar-refractivity contribution in [1.82, 2.24) is 4.48 Å². The van der Waals surface area contributed by atoms with Gasteiger partial charge < -0.3 is 14.0 Å². The maximum absolute atomic E-state index is 15.0. The minimum atomic E-state index is -3.27. The SMILES string of the molecule is C[N+](C)(C)c1c(F)c(F)c(F)c(OB(Oc2c(F)cc(F)c(F)c2F)Oc2c(F)cc(F)c(F)c2F)c1F. The molecule has 0 aliphatic heterocycles. The monoisotopic (exact) mass is 564 g/mol. The van der Waals surface area contributed by atoms with Crippen molar-refractivity contribution in [2.75, 3.05) is 21.1 Å². The Bertz CT molecular complexity index is 1370. The zero-order chi connectivity index (χ0) is 28.9. The van der Waals surface area contributed by atoms with Crippen molar-refractivity contribution in [3.05, 3.63) is 81.9 Å². The summed E-state index contributed by atoms with van der Waals surface area (Å²) >= 11 is 0. The van der Waals surface area contributed by atoms with Crippen LogP contribution < -0.4 is 18.4 Å². The maximum Gasteiger partial charge on any atom is 0.864 e. The summed E-state index contributed by atoms with van der Waals surface area (Å²) in [6, 6.07) is -0.588. The van der Waals surface area contributed by atoms with E-state index in [0.29, 0.717) is 0 Å². The molecule has 3 aromatic carbocycles. The summed E-state index contributed by atoms with van der Waals surface area (Å²) in [5, 5.41) is 0. The molecular formula is C21H11BF12NO3+. The van der Waals surface area contributed by atoms with E-state index in [9.17, 15) is 48.3 Å². The van der Waals surface area contributed by atoms with E-state index in [2.05, 4.69) is 14.0 Å². The van der Waals surface area contributed by atoms with Crippen LogP contribution in [0.1, 0.15) is 0 Å². The quantitative estimate of drug-likeness (QED) is 0.115. The van der Waals surface area contributed by atoms with Gasteiger partial charge in [0.2, 0.25) is 40.6 Å². The molecule has 0 fully saturated rings. The second-order valence-corrected chi connectivity index (χ2v) is 8.18. The van der Waals surface area contributed by atoms with Crippen molar-refractivity contribution in [1.29, 1.82) is 0 Å². The highest BCUT2D eigenvalue weighted by Gasteiger charge is 2.42. The molecule has 0 bridgehead atoms. The third-order valence-electron chi connectivity index (χ3n) is 4.66. The molecule has 0 aliphatic carbocycles. The third-order valence-corrected chi connectivity index (χ3v) is 4.66. The lowest BCUT2D eigenvalue weighted by molar-refractivity contribution is 0.256. The van der Waals surface area contributed by atoms with Gasteiger partial charge in [-0.1, -0.05) is 0 Å². The van der Waals surface area contributed by atoms with E-state index in [1.165, 1.54) is 0 Å². The number of benzene rings is 3. The Morgan fingerprint density at radius 1 is 0.447 bits per heavy atom. The summed E-state index contributed by atoms with van der Waals surface area (Å²) in [5.41, 5.74) is -1.21. The van der Waals surface area contributed by atoms with Gasteiger partial charge in [-0.15, -0.1) is 0 Å². The van der Waals surface area contributed by atoms with Gasteiger partial charge in [-0.2, -0.15) is 22.0 Å². The Morgan fingerprint density at radius 2 is 0.816 bits per heavy atom. The Kier molecular flexibility index (Phi) is 7.73. The van der Waals surface area contributed by atoms with Crippen molar-refractivity contribution in [3.8, 4) is 17.2 Å².